The van der Waals surface area contributed by atoms with Crippen molar-refractivity contribution in [1.82, 2.24) is 9.78 Å². The Morgan fingerprint density at radius 2 is 2.00 bits per heavy atom. The lowest BCUT2D eigenvalue weighted by molar-refractivity contribution is 0.768. The maximum atomic E-state index is 4.26. The summed E-state index contributed by atoms with van der Waals surface area (Å²) in [4.78, 5) is 0. The van der Waals surface area contributed by atoms with Crippen LogP contribution >= 0.6 is 15.9 Å². The second kappa shape index (κ2) is 3.58. The highest BCUT2D eigenvalue weighted by molar-refractivity contribution is 9.10. The first-order chi connectivity index (χ1) is 6.68. The van der Waals surface area contributed by atoms with Crippen LogP contribution in [0.3, 0.4) is 0 Å². The molecule has 0 spiro atoms. The molecule has 0 N–H and O–H groups in total. The maximum absolute atomic E-state index is 4.26. The van der Waals surface area contributed by atoms with Crippen molar-refractivity contribution in [3.63, 3.8) is 0 Å². The third-order valence-electron chi connectivity index (χ3n) is 2.27. The zero-order valence-corrected chi connectivity index (χ0v) is 9.75. The fraction of sp³-hybridized carbons (Fsp3) is 0.182. The molecule has 0 fully saturated rings. The molecule has 0 aliphatic carbocycles. The molecule has 2 rings (SSSR count). The molecule has 1 heterocycles. The van der Waals surface area contributed by atoms with Gasteiger partial charge in [0.15, 0.2) is 0 Å². The molecule has 14 heavy (non-hydrogen) atoms. The van der Waals surface area contributed by atoms with Crippen molar-refractivity contribution in [2.24, 2.45) is 7.05 Å². The molecule has 0 saturated heterocycles. The fourth-order valence-corrected chi connectivity index (χ4v) is 2.00. The Hall–Kier alpha value is -1.09. The lowest BCUT2D eigenvalue weighted by Crippen LogP contribution is -1.94. The van der Waals surface area contributed by atoms with Gasteiger partial charge < -0.3 is 0 Å². The zero-order valence-electron chi connectivity index (χ0n) is 8.16. The summed E-state index contributed by atoms with van der Waals surface area (Å²) in [5.41, 5.74) is 3.63. The summed E-state index contributed by atoms with van der Waals surface area (Å²) >= 11 is 3.37. The van der Waals surface area contributed by atoms with Gasteiger partial charge in [-0.15, -0.1) is 0 Å². The van der Waals surface area contributed by atoms with Gasteiger partial charge in [-0.3, -0.25) is 4.68 Å². The van der Waals surface area contributed by atoms with Crippen molar-refractivity contribution >= 4 is 15.9 Å². The molecular formula is C11H11BrN2. The number of hydrogen-bond acceptors (Lipinski definition) is 1. The number of aryl methyl sites for hydroxylation is 2. The molecule has 0 saturated carbocycles. The third-order valence-corrected chi connectivity index (χ3v) is 2.66. The average molecular weight is 251 g/mol. The van der Waals surface area contributed by atoms with Crippen molar-refractivity contribution < 1.29 is 0 Å². The van der Waals surface area contributed by atoms with E-state index in [9.17, 15) is 0 Å². The van der Waals surface area contributed by atoms with Crippen LogP contribution in [-0.2, 0) is 7.05 Å². The molecule has 72 valence electrons. The minimum Gasteiger partial charge on any atom is -0.267 e. The first-order valence-electron chi connectivity index (χ1n) is 4.44. The van der Waals surface area contributed by atoms with Gasteiger partial charge in [0.05, 0.1) is 5.69 Å². The molecule has 0 unspecified atom stereocenters. The molecule has 0 aliphatic heterocycles. The number of benzene rings is 1. The highest BCUT2D eigenvalue weighted by Gasteiger charge is 2.06. The maximum Gasteiger partial charge on any atom is 0.128 e. The Bertz CT molecular complexity index is 460. The van der Waals surface area contributed by atoms with E-state index in [2.05, 4.69) is 40.1 Å². The largest absolute Gasteiger partial charge is 0.267 e. The first-order valence-corrected chi connectivity index (χ1v) is 5.23. The van der Waals surface area contributed by atoms with Gasteiger partial charge >= 0.3 is 0 Å². The van der Waals surface area contributed by atoms with Gasteiger partial charge in [-0.05, 0) is 34.5 Å². The average Bonchev–Trinajstić information content (AvgIpc) is 2.46. The van der Waals surface area contributed by atoms with Crippen molar-refractivity contribution in [2.45, 2.75) is 6.92 Å². The van der Waals surface area contributed by atoms with Crippen LogP contribution in [0.1, 0.15) is 5.56 Å². The van der Waals surface area contributed by atoms with Gasteiger partial charge in [0, 0.05) is 12.6 Å². The highest BCUT2D eigenvalue weighted by Crippen LogP contribution is 2.24. The van der Waals surface area contributed by atoms with E-state index >= 15 is 0 Å². The summed E-state index contributed by atoms with van der Waals surface area (Å²) in [6.45, 7) is 2.11. The van der Waals surface area contributed by atoms with Crippen molar-refractivity contribution in [1.29, 1.82) is 0 Å². The molecular weight excluding hydrogens is 240 g/mol. The van der Waals surface area contributed by atoms with E-state index in [4.69, 9.17) is 0 Å². The standard InChI is InChI=1S/C11H11BrN2/c1-8-5-3-4-6-9(8)10-7-11(12)13-14(10)2/h3-7H,1-2H3. The Kier molecular flexibility index (Phi) is 2.42. The predicted molar refractivity (Wildman–Crippen MR) is 61.1 cm³/mol. The van der Waals surface area contributed by atoms with Crippen LogP contribution in [0.5, 0.6) is 0 Å². The molecule has 2 nitrogen and oxygen atoms in total. The van der Waals surface area contributed by atoms with Crippen LogP contribution in [0.25, 0.3) is 11.3 Å². The molecule has 0 bridgehead atoms. The minimum absolute atomic E-state index is 0.873. The summed E-state index contributed by atoms with van der Waals surface area (Å²) in [6, 6.07) is 10.3. The second-order valence-corrected chi connectivity index (χ2v) is 4.10. The third kappa shape index (κ3) is 1.60. The van der Waals surface area contributed by atoms with Crippen LogP contribution in [-0.4, -0.2) is 9.78 Å². The summed E-state index contributed by atoms with van der Waals surface area (Å²) in [5, 5.41) is 4.26. The van der Waals surface area contributed by atoms with Crippen molar-refractivity contribution in [2.75, 3.05) is 0 Å². The van der Waals surface area contributed by atoms with Gasteiger partial charge in [0.25, 0.3) is 0 Å². The zero-order chi connectivity index (χ0) is 10.1. The molecule has 0 amide bonds. The van der Waals surface area contributed by atoms with Crippen molar-refractivity contribution in [3.8, 4) is 11.3 Å². The molecule has 1 aromatic heterocycles. The smallest absolute Gasteiger partial charge is 0.128 e. The fourth-order valence-electron chi connectivity index (χ4n) is 1.54. The van der Waals surface area contributed by atoms with Crippen LogP contribution in [0.2, 0.25) is 0 Å². The highest BCUT2D eigenvalue weighted by atomic mass is 79.9. The Morgan fingerprint density at radius 1 is 1.29 bits per heavy atom. The van der Waals surface area contributed by atoms with Crippen molar-refractivity contribution in [3.05, 3.63) is 40.5 Å². The lowest BCUT2D eigenvalue weighted by Gasteiger charge is -2.04. The van der Waals surface area contributed by atoms with E-state index in [1.54, 1.807) is 0 Å². The summed E-state index contributed by atoms with van der Waals surface area (Å²) in [5.74, 6) is 0. The second-order valence-electron chi connectivity index (χ2n) is 3.29. The topological polar surface area (TPSA) is 17.8 Å². The normalized spacial score (nSPS) is 10.5. The monoisotopic (exact) mass is 250 g/mol. The number of rotatable bonds is 1. The Labute approximate surface area is 91.7 Å². The summed E-state index contributed by atoms with van der Waals surface area (Å²) in [7, 11) is 1.95. The molecule has 0 aliphatic rings. The van der Waals surface area contributed by atoms with Gasteiger partial charge in [0.1, 0.15) is 4.60 Å². The summed E-state index contributed by atoms with van der Waals surface area (Å²) < 4.78 is 2.75. The van der Waals surface area contributed by atoms with E-state index in [0.717, 1.165) is 10.3 Å². The minimum atomic E-state index is 0.873. The van der Waals surface area contributed by atoms with Crippen LogP contribution < -0.4 is 0 Å². The number of halogens is 1. The van der Waals surface area contributed by atoms with Crippen LogP contribution in [0.15, 0.2) is 34.9 Å². The lowest BCUT2D eigenvalue weighted by atomic mass is 10.1. The Balaban J connectivity index is 2.60. The summed E-state index contributed by atoms with van der Waals surface area (Å²) in [6.07, 6.45) is 0. The molecule has 0 atom stereocenters. The van der Waals surface area contributed by atoms with Gasteiger partial charge in [-0.1, -0.05) is 24.3 Å². The van der Waals surface area contributed by atoms with E-state index in [-0.39, 0.29) is 0 Å². The molecule has 0 radical (unpaired) electrons. The SMILES string of the molecule is Cc1ccccc1-c1cc(Br)nn1C. The molecule has 1 aromatic carbocycles. The first kappa shape index (κ1) is 9.46. The number of nitrogens with zero attached hydrogens (tertiary/aromatic N) is 2. The Morgan fingerprint density at radius 3 is 2.57 bits per heavy atom. The van der Waals surface area contributed by atoms with E-state index in [1.165, 1.54) is 11.1 Å². The van der Waals surface area contributed by atoms with Gasteiger partial charge in [0.2, 0.25) is 0 Å². The number of hydrogen-bond donors (Lipinski definition) is 0. The van der Waals surface area contributed by atoms with E-state index < -0.39 is 0 Å². The van der Waals surface area contributed by atoms with Crippen LogP contribution in [0.4, 0.5) is 0 Å². The number of aromatic nitrogens is 2. The van der Waals surface area contributed by atoms with E-state index in [1.807, 2.05) is 29.9 Å². The molecule has 3 heteroatoms. The predicted octanol–water partition coefficient (Wildman–Crippen LogP) is 3.16. The van der Waals surface area contributed by atoms with Crippen LogP contribution in [0, 0.1) is 6.92 Å². The van der Waals surface area contributed by atoms with Gasteiger partial charge in [-0.25, -0.2) is 0 Å². The quantitative estimate of drug-likeness (QED) is 0.761. The van der Waals surface area contributed by atoms with E-state index in [0.29, 0.717) is 0 Å². The molecule has 2 aromatic rings. The van der Waals surface area contributed by atoms with Gasteiger partial charge in [-0.2, -0.15) is 5.10 Å².